The van der Waals surface area contributed by atoms with E-state index in [-0.39, 0.29) is 5.92 Å². The van der Waals surface area contributed by atoms with Gasteiger partial charge in [0, 0.05) is 10.0 Å². The average Bonchev–Trinajstić information content (AvgIpc) is 2.81. The maximum Gasteiger partial charge on any atom is 0.229 e. The Kier molecular flexibility index (Phi) is 4.60. The highest BCUT2D eigenvalue weighted by Crippen LogP contribution is 2.27. The molecule has 0 spiro atoms. The molecule has 2 rings (SSSR count). The van der Waals surface area contributed by atoms with E-state index in [1.807, 2.05) is 26.0 Å². The standard InChI is InChI=1S/C13H14BrClN2O2/c1-7(2)11(18)6-12-16-13(17-19-12)8-3-4-10(15)9(14)5-8/h3-5,7,11,18H,6H2,1-2H3. The van der Waals surface area contributed by atoms with Crippen LogP contribution in [0, 0.1) is 5.92 Å². The van der Waals surface area contributed by atoms with Crippen LogP contribution in [0.25, 0.3) is 11.4 Å². The molecule has 19 heavy (non-hydrogen) atoms. The minimum atomic E-state index is -0.481. The molecular formula is C13H14BrClN2O2. The van der Waals surface area contributed by atoms with Gasteiger partial charge in [0.25, 0.3) is 0 Å². The van der Waals surface area contributed by atoms with Gasteiger partial charge in [-0.2, -0.15) is 4.98 Å². The molecule has 0 bridgehead atoms. The number of rotatable bonds is 4. The van der Waals surface area contributed by atoms with Crippen LogP contribution in [0.4, 0.5) is 0 Å². The summed E-state index contributed by atoms with van der Waals surface area (Å²) in [4.78, 5) is 4.27. The molecule has 4 nitrogen and oxygen atoms in total. The molecule has 0 aliphatic rings. The van der Waals surface area contributed by atoms with Gasteiger partial charge >= 0.3 is 0 Å². The fourth-order valence-electron chi connectivity index (χ4n) is 1.50. The molecule has 0 aliphatic heterocycles. The second-order valence-corrected chi connectivity index (χ2v) is 5.92. The molecule has 0 radical (unpaired) electrons. The monoisotopic (exact) mass is 344 g/mol. The van der Waals surface area contributed by atoms with E-state index in [9.17, 15) is 5.11 Å². The van der Waals surface area contributed by atoms with E-state index in [2.05, 4.69) is 26.1 Å². The Bertz CT molecular complexity index is 572. The van der Waals surface area contributed by atoms with Crippen LogP contribution >= 0.6 is 27.5 Å². The zero-order valence-corrected chi connectivity index (χ0v) is 12.9. The van der Waals surface area contributed by atoms with Crippen molar-refractivity contribution < 1.29 is 9.63 Å². The van der Waals surface area contributed by atoms with Crippen molar-refractivity contribution in [2.45, 2.75) is 26.4 Å². The highest BCUT2D eigenvalue weighted by Gasteiger charge is 2.16. The smallest absolute Gasteiger partial charge is 0.229 e. The highest BCUT2D eigenvalue weighted by atomic mass is 79.9. The van der Waals surface area contributed by atoms with Gasteiger partial charge in [-0.1, -0.05) is 30.6 Å². The van der Waals surface area contributed by atoms with Gasteiger partial charge < -0.3 is 9.63 Å². The van der Waals surface area contributed by atoms with Crippen molar-refractivity contribution in [3.05, 3.63) is 33.6 Å². The lowest BCUT2D eigenvalue weighted by Crippen LogP contribution is -2.17. The Labute approximate surface area is 124 Å². The summed E-state index contributed by atoms with van der Waals surface area (Å²) in [6, 6.07) is 5.41. The van der Waals surface area contributed by atoms with Gasteiger partial charge in [-0.25, -0.2) is 0 Å². The summed E-state index contributed by atoms with van der Waals surface area (Å²) in [5, 5.41) is 14.3. The summed E-state index contributed by atoms with van der Waals surface area (Å²) >= 11 is 9.28. The van der Waals surface area contributed by atoms with E-state index in [0.29, 0.717) is 23.2 Å². The van der Waals surface area contributed by atoms with E-state index >= 15 is 0 Å². The number of benzene rings is 1. The SMILES string of the molecule is CC(C)C(O)Cc1nc(-c2ccc(Cl)c(Br)c2)no1. The lowest BCUT2D eigenvalue weighted by Gasteiger charge is -2.10. The van der Waals surface area contributed by atoms with Crippen molar-refractivity contribution in [3.8, 4) is 11.4 Å². The zero-order chi connectivity index (χ0) is 14.0. The fraction of sp³-hybridized carbons (Fsp3) is 0.385. The van der Waals surface area contributed by atoms with Crippen LogP contribution in [0.15, 0.2) is 27.2 Å². The largest absolute Gasteiger partial charge is 0.392 e. The Hall–Kier alpha value is -0.910. The molecule has 0 amide bonds. The van der Waals surface area contributed by atoms with Crippen LogP contribution in [0.1, 0.15) is 19.7 Å². The van der Waals surface area contributed by atoms with Gasteiger partial charge in [0.15, 0.2) is 0 Å². The molecule has 102 valence electrons. The minimum Gasteiger partial charge on any atom is -0.392 e. The summed E-state index contributed by atoms with van der Waals surface area (Å²) in [5.41, 5.74) is 0.810. The first-order valence-electron chi connectivity index (χ1n) is 5.93. The third-order valence-electron chi connectivity index (χ3n) is 2.80. The predicted octanol–water partition coefficient (Wildman–Crippen LogP) is 3.71. The summed E-state index contributed by atoms with van der Waals surface area (Å²) < 4.78 is 5.92. The van der Waals surface area contributed by atoms with E-state index < -0.39 is 6.10 Å². The molecule has 0 saturated carbocycles. The van der Waals surface area contributed by atoms with Crippen LogP contribution in [0.5, 0.6) is 0 Å². The number of halogens is 2. The van der Waals surface area contributed by atoms with Gasteiger partial charge in [0.05, 0.1) is 17.5 Å². The Morgan fingerprint density at radius 1 is 1.42 bits per heavy atom. The van der Waals surface area contributed by atoms with E-state index in [4.69, 9.17) is 16.1 Å². The number of hydrogen-bond acceptors (Lipinski definition) is 4. The van der Waals surface area contributed by atoms with Crippen molar-refractivity contribution in [1.82, 2.24) is 10.1 Å². The lowest BCUT2D eigenvalue weighted by atomic mass is 10.0. The molecule has 0 saturated heterocycles. The first-order chi connectivity index (χ1) is 8.97. The van der Waals surface area contributed by atoms with E-state index in [0.717, 1.165) is 10.0 Å². The Morgan fingerprint density at radius 3 is 2.79 bits per heavy atom. The fourth-order valence-corrected chi connectivity index (χ4v) is 2.00. The van der Waals surface area contributed by atoms with Gasteiger partial charge in [-0.3, -0.25) is 0 Å². The van der Waals surface area contributed by atoms with Gasteiger partial charge in [0.1, 0.15) is 0 Å². The number of aromatic nitrogens is 2. The number of aliphatic hydroxyl groups excluding tert-OH is 1. The van der Waals surface area contributed by atoms with Crippen LogP contribution in [-0.2, 0) is 6.42 Å². The quantitative estimate of drug-likeness (QED) is 0.917. The Morgan fingerprint density at radius 2 is 2.16 bits per heavy atom. The highest BCUT2D eigenvalue weighted by molar-refractivity contribution is 9.10. The summed E-state index contributed by atoms with van der Waals surface area (Å²) in [5.74, 6) is 1.07. The van der Waals surface area contributed by atoms with Crippen molar-refractivity contribution in [1.29, 1.82) is 0 Å². The number of nitrogens with zero attached hydrogens (tertiary/aromatic N) is 2. The van der Waals surface area contributed by atoms with Gasteiger partial charge in [-0.05, 0) is 40.0 Å². The second-order valence-electron chi connectivity index (χ2n) is 4.66. The molecule has 6 heteroatoms. The average molecular weight is 346 g/mol. The van der Waals surface area contributed by atoms with Crippen LogP contribution in [0.3, 0.4) is 0 Å². The maximum absolute atomic E-state index is 9.79. The van der Waals surface area contributed by atoms with Crippen LogP contribution < -0.4 is 0 Å². The molecular weight excluding hydrogens is 332 g/mol. The van der Waals surface area contributed by atoms with Crippen molar-refractivity contribution >= 4 is 27.5 Å². The van der Waals surface area contributed by atoms with E-state index in [1.165, 1.54) is 0 Å². The molecule has 0 aliphatic carbocycles. The van der Waals surface area contributed by atoms with Crippen LogP contribution in [0.2, 0.25) is 5.02 Å². The topological polar surface area (TPSA) is 59.2 Å². The third kappa shape index (κ3) is 3.55. The number of hydrogen-bond donors (Lipinski definition) is 1. The summed E-state index contributed by atoms with van der Waals surface area (Å²) in [6.45, 7) is 3.89. The Balaban J connectivity index is 2.18. The second kappa shape index (κ2) is 6.03. The van der Waals surface area contributed by atoms with Crippen LogP contribution in [-0.4, -0.2) is 21.4 Å². The predicted molar refractivity (Wildman–Crippen MR) is 77.0 cm³/mol. The molecule has 1 heterocycles. The molecule has 2 aromatic rings. The third-order valence-corrected chi connectivity index (χ3v) is 4.01. The first-order valence-corrected chi connectivity index (χ1v) is 7.10. The molecule has 0 fully saturated rings. The summed E-state index contributed by atoms with van der Waals surface area (Å²) in [7, 11) is 0. The molecule has 1 aromatic carbocycles. The minimum absolute atomic E-state index is 0.153. The summed E-state index contributed by atoms with van der Waals surface area (Å²) in [6.07, 6.45) is -0.121. The molecule has 1 unspecified atom stereocenters. The van der Waals surface area contributed by atoms with Crippen molar-refractivity contribution in [3.63, 3.8) is 0 Å². The molecule has 1 atom stereocenters. The van der Waals surface area contributed by atoms with Crippen molar-refractivity contribution in [2.75, 3.05) is 0 Å². The normalized spacial score (nSPS) is 12.9. The first kappa shape index (κ1) is 14.5. The van der Waals surface area contributed by atoms with E-state index in [1.54, 1.807) is 6.07 Å². The maximum atomic E-state index is 9.79. The number of aliphatic hydroxyl groups is 1. The molecule has 1 N–H and O–H groups in total. The molecule has 1 aromatic heterocycles. The van der Waals surface area contributed by atoms with Crippen molar-refractivity contribution in [2.24, 2.45) is 5.92 Å². The van der Waals surface area contributed by atoms with Gasteiger partial charge in [0.2, 0.25) is 11.7 Å². The zero-order valence-electron chi connectivity index (χ0n) is 10.6. The van der Waals surface area contributed by atoms with Gasteiger partial charge in [-0.15, -0.1) is 0 Å². The lowest BCUT2D eigenvalue weighted by molar-refractivity contribution is 0.116.